The molecular weight excluding hydrogens is 296 g/mol. The highest BCUT2D eigenvalue weighted by Gasteiger charge is 2.06. The number of hydrogen-bond donors (Lipinski definition) is 1. The fourth-order valence-corrected chi connectivity index (χ4v) is 2.52. The number of carbonyl (C=O) groups excluding carboxylic acids is 1. The maximum Gasteiger partial charge on any atom is 0.251 e. The summed E-state index contributed by atoms with van der Waals surface area (Å²) in [7, 11) is 0. The molecule has 0 spiro atoms. The highest BCUT2D eigenvalue weighted by atomic mass is 35.5. The molecule has 0 heterocycles. The predicted molar refractivity (Wildman–Crippen MR) is 92.6 cm³/mol. The Bertz CT molecular complexity index is 621. The molecule has 2 aromatic carbocycles. The number of benzene rings is 2. The van der Waals surface area contributed by atoms with Gasteiger partial charge in [-0.3, -0.25) is 4.79 Å². The fraction of sp³-hybridized carbons (Fsp3) is 0.278. The zero-order valence-corrected chi connectivity index (χ0v) is 13.7. The SMILES string of the molecule is CCN(CC)c1ccc(CNC(=O)c2cccc(Cl)c2)cc1. The molecule has 2 rings (SSSR count). The Balaban J connectivity index is 1.95. The Labute approximate surface area is 136 Å². The highest BCUT2D eigenvalue weighted by Crippen LogP contribution is 2.15. The van der Waals surface area contributed by atoms with E-state index in [-0.39, 0.29) is 5.91 Å². The largest absolute Gasteiger partial charge is 0.372 e. The lowest BCUT2D eigenvalue weighted by Crippen LogP contribution is -2.23. The minimum atomic E-state index is -0.115. The van der Waals surface area contributed by atoms with Crippen molar-refractivity contribution in [3.63, 3.8) is 0 Å². The molecule has 0 saturated carbocycles. The van der Waals surface area contributed by atoms with Crippen LogP contribution in [0.25, 0.3) is 0 Å². The summed E-state index contributed by atoms with van der Waals surface area (Å²) in [5.74, 6) is -0.115. The van der Waals surface area contributed by atoms with Gasteiger partial charge < -0.3 is 10.2 Å². The molecule has 4 heteroatoms. The van der Waals surface area contributed by atoms with Gasteiger partial charge in [-0.05, 0) is 49.7 Å². The first-order chi connectivity index (χ1) is 10.6. The van der Waals surface area contributed by atoms with E-state index in [1.54, 1.807) is 24.3 Å². The molecule has 0 radical (unpaired) electrons. The Morgan fingerprint density at radius 2 is 1.77 bits per heavy atom. The Morgan fingerprint density at radius 1 is 1.09 bits per heavy atom. The lowest BCUT2D eigenvalue weighted by molar-refractivity contribution is 0.0951. The molecule has 0 fully saturated rings. The summed E-state index contributed by atoms with van der Waals surface area (Å²) in [6.07, 6.45) is 0. The molecule has 0 saturated heterocycles. The number of halogens is 1. The van der Waals surface area contributed by atoms with Crippen molar-refractivity contribution in [2.24, 2.45) is 0 Å². The molecule has 0 unspecified atom stereocenters. The summed E-state index contributed by atoms with van der Waals surface area (Å²) in [5.41, 5.74) is 2.86. The Morgan fingerprint density at radius 3 is 2.36 bits per heavy atom. The van der Waals surface area contributed by atoms with Gasteiger partial charge in [0.15, 0.2) is 0 Å². The summed E-state index contributed by atoms with van der Waals surface area (Å²) in [6.45, 7) is 6.76. The highest BCUT2D eigenvalue weighted by molar-refractivity contribution is 6.30. The van der Waals surface area contributed by atoms with Crippen molar-refractivity contribution in [2.45, 2.75) is 20.4 Å². The van der Waals surface area contributed by atoms with Gasteiger partial charge in [0.25, 0.3) is 5.91 Å². The molecule has 0 aliphatic carbocycles. The third-order valence-corrected chi connectivity index (χ3v) is 3.84. The first-order valence-electron chi connectivity index (χ1n) is 7.51. The summed E-state index contributed by atoms with van der Waals surface area (Å²) in [5, 5.41) is 3.47. The van der Waals surface area contributed by atoms with E-state index in [9.17, 15) is 4.79 Å². The lowest BCUT2D eigenvalue weighted by Gasteiger charge is -2.21. The van der Waals surface area contributed by atoms with Crippen LogP contribution in [0.5, 0.6) is 0 Å². The van der Waals surface area contributed by atoms with Gasteiger partial charge in [-0.25, -0.2) is 0 Å². The van der Waals surface area contributed by atoms with Crippen LogP contribution in [0.2, 0.25) is 5.02 Å². The number of carbonyl (C=O) groups is 1. The number of nitrogens with zero attached hydrogens (tertiary/aromatic N) is 1. The van der Waals surface area contributed by atoms with E-state index in [0.717, 1.165) is 18.7 Å². The van der Waals surface area contributed by atoms with Gasteiger partial charge in [0.1, 0.15) is 0 Å². The second kappa shape index (κ2) is 7.85. The first-order valence-corrected chi connectivity index (χ1v) is 7.89. The molecule has 0 bridgehead atoms. The molecule has 3 nitrogen and oxygen atoms in total. The van der Waals surface area contributed by atoms with Crippen LogP contribution in [0.1, 0.15) is 29.8 Å². The molecule has 2 aromatic rings. The Kier molecular flexibility index (Phi) is 5.84. The lowest BCUT2D eigenvalue weighted by atomic mass is 10.1. The van der Waals surface area contributed by atoms with E-state index >= 15 is 0 Å². The van der Waals surface area contributed by atoms with Gasteiger partial charge in [0.05, 0.1) is 0 Å². The van der Waals surface area contributed by atoms with Crippen LogP contribution < -0.4 is 10.2 Å². The van der Waals surface area contributed by atoms with Crippen molar-refractivity contribution in [3.05, 3.63) is 64.7 Å². The standard InChI is InChI=1S/C18H21ClN2O/c1-3-21(4-2)17-10-8-14(9-11-17)13-20-18(22)15-6-5-7-16(19)12-15/h5-12H,3-4,13H2,1-2H3,(H,20,22). The normalized spacial score (nSPS) is 10.3. The second-order valence-corrected chi connectivity index (χ2v) is 5.47. The van der Waals surface area contributed by atoms with E-state index in [2.05, 4.69) is 36.2 Å². The molecule has 1 amide bonds. The molecule has 0 aliphatic rings. The van der Waals surface area contributed by atoms with E-state index in [4.69, 9.17) is 11.6 Å². The van der Waals surface area contributed by atoms with Crippen LogP contribution >= 0.6 is 11.6 Å². The number of rotatable bonds is 6. The molecular formula is C18H21ClN2O. The van der Waals surface area contributed by atoms with Crippen LogP contribution in [-0.2, 0) is 6.54 Å². The third-order valence-electron chi connectivity index (χ3n) is 3.60. The van der Waals surface area contributed by atoms with Gasteiger partial charge in [0, 0.05) is 35.9 Å². The van der Waals surface area contributed by atoms with Crippen LogP contribution in [-0.4, -0.2) is 19.0 Å². The van der Waals surface area contributed by atoms with E-state index in [1.807, 2.05) is 12.1 Å². The van der Waals surface area contributed by atoms with Gasteiger partial charge in [-0.1, -0.05) is 29.8 Å². The van der Waals surface area contributed by atoms with Crippen LogP contribution in [0, 0.1) is 0 Å². The van der Waals surface area contributed by atoms with E-state index in [0.29, 0.717) is 17.1 Å². The van der Waals surface area contributed by atoms with Crippen LogP contribution in [0.3, 0.4) is 0 Å². The first kappa shape index (κ1) is 16.4. The monoisotopic (exact) mass is 316 g/mol. The van der Waals surface area contributed by atoms with Gasteiger partial charge in [-0.2, -0.15) is 0 Å². The van der Waals surface area contributed by atoms with Crippen molar-refractivity contribution in [3.8, 4) is 0 Å². The topological polar surface area (TPSA) is 32.3 Å². The van der Waals surface area contributed by atoms with E-state index < -0.39 is 0 Å². The summed E-state index contributed by atoms with van der Waals surface area (Å²) < 4.78 is 0. The molecule has 0 aromatic heterocycles. The minimum Gasteiger partial charge on any atom is -0.372 e. The fourth-order valence-electron chi connectivity index (χ4n) is 2.33. The van der Waals surface area contributed by atoms with Crippen molar-refractivity contribution in [1.29, 1.82) is 0 Å². The number of amides is 1. The molecule has 0 atom stereocenters. The van der Waals surface area contributed by atoms with E-state index in [1.165, 1.54) is 5.69 Å². The number of hydrogen-bond acceptors (Lipinski definition) is 2. The van der Waals surface area contributed by atoms with Crippen LogP contribution in [0.4, 0.5) is 5.69 Å². The van der Waals surface area contributed by atoms with Crippen molar-refractivity contribution < 1.29 is 4.79 Å². The van der Waals surface area contributed by atoms with Crippen molar-refractivity contribution in [2.75, 3.05) is 18.0 Å². The zero-order valence-electron chi connectivity index (χ0n) is 13.0. The van der Waals surface area contributed by atoms with Crippen molar-refractivity contribution >= 4 is 23.2 Å². The maximum atomic E-state index is 12.1. The third kappa shape index (κ3) is 4.25. The average molecular weight is 317 g/mol. The smallest absolute Gasteiger partial charge is 0.251 e. The molecule has 22 heavy (non-hydrogen) atoms. The molecule has 1 N–H and O–H groups in total. The summed E-state index contributed by atoms with van der Waals surface area (Å²) in [6, 6.07) is 15.2. The van der Waals surface area contributed by atoms with Crippen LogP contribution in [0.15, 0.2) is 48.5 Å². The van der Waals surface area contributed by atoms with Gasteiger partial charge in [0.2, 0.25) is 0 Å². The van der Waals surface area contributed by atoms with Gasteiger partial charge >= 0.3 is 0 Å². The number of nitrogens with one attached hydrogen (secondary N) is 1. The summed E-state index contributed by atoms with van der Waals surface area (Å²) in [4.78, 5) is 14.3. The molecule has 116 valence electrons. The van der Waals surface area contributed by atoms with Crippen molar-refractivity contribution in [1.82, 2.24) is 5.32 Å². The van der Waals surface area contributed by atoms with Gasteiger partial charge in [-0.15, -0.1) is 0 Å². The second-order valence-electron chi connectivity index (χ2n) is 5.03. The maximum absolute atomic E-state index is 12.1. The zero-order chi connectivity index (χ0) is 15.9. The number of anilines is 1. The Hall–Kier alpha value is -2.00. The average Bonchev–Trinajstić information content (AvgIpc) is 2.55. The quantitative estimate of drug-likeness (QED) is 0.869. The molecule has 0 aliphatic heterocycles. The summed E-state index contributed by atoms with van der Waals surface area (Å²) >= 11 is 5.90. The minimum absolute atomic E-state index is 0.115. The predicted octanol–water partition coefficient (Wildman–Crippen LogP) is 4.12.